The largest absolute Gasteiger partial charge is 0.310 e. The lowest BCUT2D eigenvalue weighted by molar-refractivity contribution is 1.23. The Labute approximate surface area is 160 Å². The minimum atomic E-state index is 0.983. The standard InChI is InChI=1S/C26H21N/c1-3-10-23(4-2)27(24-18-17-20-11-5-6-13-22(20)19-24)26-16-9-14-21-12-7-8-15-25(21)26/h3-19H,1-2H2/b23-10+. The fraction of sp³-hybridized carbons (Fsp3) is 0. The first-order chi connectivity index (χ1) is 13.3. The molecule has 0 aliphatic heterocycles. The second-order valence-corrected chi connectivity index (χ2v) is 6.40. The Kier molecular flexibility index (Phi) is 4.59. The van der Waals surface area contributed by atoms with Crippen molar-refractivity contribution in [1.29, 1.82) is 0 Å². The fourth-order valence-corrected chi connectivity index (χ4v) is 3.50. The molecule has 4 aromatic rings. The summed E-state index contributed by atoms with van der Waals surface area (Å²) in [6.45, 7) is 7.92. The number of hydrogen-bond donors (Lipinski definition) is 0. The third-order valence-electron chi connectivity index (χ3n) is 4.75. The quantitative estimate of drug-likeness (QED) is 0.340. The van der Waals surface area contributed by atoms with Gasteiger partial charge >= 0.3 is 0 Å². The maximum Gasteiger partial charge on any atom is 0.0540 e. The molecular formula is C26H21N. The van der Waals surface area contributed by atoms with E-state index in [1.807, 2.05) is 12.2 Å². The van der Waals surface area contributed by atoms with Gasteiger partial charge in [0.1, 0.15) is 0 Å². The number of fused-ring (bicyclic) bond motifs is 2. The van der Waals surface area contributed by atoms with Crippen molar-refractivity contribution in [3.8, 4) is 0 Å². The van der Waals surface area contributed by atoms with E-state index in [2.05, 4.69) is 103 Å². The molecule has 0 aromatic heterocycles. The van der Waals surface area contributed by atoms with E-state index in [1.54, 1.807) is 6.08 Å². The molecule has 4 rings (SSSR count). The first-order valence-electron chi connectivity index (χ1n) is 9.03. The molecule has 0 heterocycles. The summed E-state index contributed by atoms with van der Waals surface area (Å²) in [6, 6.07) is 29.8. The zero-order chi connectivity index (χ0) is 18.6. The Morgan fingerprint density at radius 2 is 1.41 bits per heavy atom. The van der Waals surface area contributed by atoms with Crippen LogP contribution in [0.3, 0.4) is 0 Å². The van der Waals surface area contributed by atoms with Crippen molar-refractivity contribution in [2.75, 3.05) is 4.90 Å². The van der Waals surface area contributed by atoms with Crippen LogP contribution in [-0.2, 0) is 0 Å². The molecule has 0 aliphatic rings. The monoisotopic (exact) mass is 347 g/mol. The predicted octanol–water partition coefficient (Wildman–Crippen LogP) is 7.39. The summed E-state index contributed by atoms with van der Waals surface area (Å²) in [5, 5.41) is 4.85. The molecular weight excluding hydrogens is 326 g/mol. The summed E-state index contributed by atoms with van der Waals surface area (Å²) in [6.07, 6.45) is 5.67. The highest BCUT2D eigenvalue weighted by molar-refractivity contribution is 5.98. The van der Waals surface area contributed by atoms with Gasteiger partial charge in [-0.05, 0) is 46.5 Å². The molecule has 0 radical (unpaired) electrons. The van der Waals surface area contributed by atoms with Gasteiger partial charge in [0.15, 0.2) is 0 Å². The van der Waals surface area contributed by atoms with Gasteiger partial charge in [-0.15, -0.1) is 0 Å². The minimum Gasteiger partial charge on any atom is -0.310 e. The number of hydrogen-bond acceptors (Lipinski definition) is 1. The van der Waals surface area contributed by atoms with Crippen LogP contribution in [0.15, 0.2) is 122 Å². The molecule has 0 amide bonds. The molecule has 0 saturated carbocycles. The first-order valence-corrected chi connectivity index (χ1v) is 9.03. The van der Waals surface area contributed by atoms with Crippen molar-refractivity contribution in [3.63, 3.8) is 0 Å². The molecule has 0 fully saturated rings. The highest BCUT2D eigenvalue weighted by Gasteiger charge is 2.15. The van der Waals surface area contributed by atoms with E-state index in [0.29, 0.717) is 0 Å². The fourth-order valence-electron chi connectivity index (χ4n) is 3.50. The topological polar surface area (TPSA) is 3.24 Å². The molecule has 1 heteroatoms. The van der Waals surface area contributed by atoms with E-state index in [1.165, 1.54) is 21.5 Å². The Balaban J connectivity index is 2.00. The van der Waals surface area contributed by atoms with Crippen LogP contribution in [0.5, 0.6) is 0 Å². The summed E-state index contributed by atoms with van der Waals surface area (Å²) in [5.41, 5.74) is 3.20. The van der Waals surface area contributed by atoms with Crippen LogP contribution in [0.4, 0.5) is 11.4 Å². The van der Waals surface area contributed by atoms with Crippen molar-refractivity contribution in [1.82, 2.24) is 0 Å². The van der Waals surface area contributed by atoms with E-state index in [4.69, 9.17) is 0 Å². The lowest BCUT2D eigenvalue weighted by Crippen LogP contribution is -2.15. The number of benzene rings is 4. The second kappa shape index (κ2) is 7.35. The third kappa shape index (κ3) is 3.16. The molecule has 0 aliphatic carbocycles. The molecule has 1 nitrogen and oxygen atoms in total. The van der Waals surface area contributed by atoms with Gasteiger partial charge in [0.2, 0.25) is 0 Å². The van der Waals surface area contributed by atoms with E-state index >= 15 is 0 Å². The summed E-state index contributed by atoms with van der Waals surface area (Å²) >= 11 is 0. The molecule has 0 saturated heterocycles. The van der Waals surface area contributed by atoms with E-state index in [9.17, 15) is 0 Å². The summed E-state index contributed by atoms with van der Waals surface area (Å²) in [5.74, 6) is 0. The zero-order valence-corrected chi connectivity index (χ0v) is 15.2. The highest BCUT2D eigenvalue weighted by Crippen LogP contribution is 2.37. The van der Waals surface area contributed by atoms with E-state index in [0.717, 1.165) is 17.1 Å². The average Bonchev–Trinajstić information content (AvgIpc) is 2.73. The van der Waals surface area contributed by atoms with Crippen LogP contribution in [0.1, 0.15) is 0 Å². The maximum atomic E-state index is 4.04. The van der Waals surface area contributed by atoms with Crippen LogP contribution in [-0.4, -0.2) is 0 Å². The Morgan fingerprint density at radius 1 is 0.704 bits per heavy atom. The molecule has 27 heavy (non-hydrogen) atoms. The Morgan fingerprint density at radius 3 is 2.19 bits per heavy atom. The number of nitrogens with zero attached hydrogens (tertiary/aromatic N) is 1. The Bertz CT molecular complexity index is 1160. The molecule has 0 atom stereocenters. The van der Waals surface area contributed by atoms with Crippen molar-refractivity contribution in [2.24, 2.45) is 0 Å². The van der Waals surface area contributed by atoms with E-state index in [-0.39, 0.29) is 0 Å². The number of anilines is 2. The van der Waals surface area contributed by atoms with Gasteiger partial charge in [-0.1, -0.05) is 86.0 Å². The van der Waals surface area contributed by atoms with Crippen LogP contribution in [0, 0.1) is 0 Å². The van der Waals surface area contributed by atoms with Gasteiger partial charge < -0.3 is 4.90 Å². The van der Waals surface area contributed by atoms with Gasteiger partial charge in [-0.2, -0.15) is 0 Å². The van der Waals surface area contributed by atoms with Gasteiger partial charge in [0, 0.05) is 16.8 Å². The van der Waals surface area contributed by atoms with Gasteiger partial charge in [-0.3, -0.25) is 0 Å². The Hall–Kier alpha value is -3.58. The zero-order valence-electron chi connectivity index (χ0n) is 15.2. The van der Waals surface area contributed by atoms with E-state index < -0.39 is 0 Å². The third-order valence-corrected chi connectivity index (χ3v) is 4.75. The molecule has 0 N–H and O–H groups in total. The molecule has 4 aromatic carbocycles. The van der Waals surface area contributed by atoms with Crippen LogP contribution < -0.4 is 4.90 Å². The predicted molar refractivity (Wildman–Crippen MR) is 119 cm³/mol. The average molecular weight is 347 g/mol. The maximum absolute atomic E-state index is 4.04. The lowest BCUT2D eigenvalue weighted by atomic mass is 10.0. The molecule has 0 unspecified atom stereocenters. The number of allylic oxidation sites excluding steroid dienone is 3. The molecule has 130 valence electrons. The van der Waals surface area contributed by atoms with Gasteiger partial charge in [0.05, 0.1) is 5.69 Å². The van der Waals surface area contributed by atoms with Gasteiger partial charge in [-0.25, -0.2) is 0 Å². The first kappa shape index (κ1) is 16.9. The normalized spacial score (nSPS) is 11.5. The lowest BCUT2D eigenvalue weighted by Gasteiger charge is -2.28. The summed E-state index contributed by atoms with van der Waals surface area (Å²) in [4.78, 5) is 2.24. The smallest absolute Gasteiger partial charge is 0.0540 e. The second-order valence-electron chi connectivity index (χ2n) is 6.40. The van der Waals surface area contributed by atoms with Crippen LogP contribution >= 0.6 is 0 Å². The SMILES string of the molecule is C=C/C=C(\C=C)N(c1ccc2ccccc2c1)c1cccc2ccccc12. The van der Waals surface area contributed by atoms with Crippen LogP contribution in [0.25, 0.3) is 21.5 Å². The highest BCUT2D eigenvalue weighted by atomic mass is 15.1. The summed E-state index contributed by atoms with van der Waals surface area (Å²) < 4.78 is 0. The molecule has 0 spiro atoms. The summed E-state index contributed by atoms with van der Waals surface area (Å²) in [7, 11) is 0. The van der Waals surface area contributed by atoms with Crippen molar-refractivity contribution >= 4 is 32.9 Å². The molecule has 0 bridgehead atoms. The van der Waals surface area contributed by atoms with Crippen molar-refractivity contribution in [3.05, 3.63) is 122 Å². The number of rotatable bonds is 5. The van der Waals surface area contributed by atoms with Crippen molar-refractivity contribution < 1.29 is 0 Å². The van der Waals surface area contributed by atoms with Crippen molar-refractivity contribution in [2.45, 2.75) is 0 Å². The minimum absolute atomic E-state index is 0.983. The van der Waals surface area contributed by atoms with Crippen LogP contribution in [0.2, 0.25) is 0 Å². The van der Waals surface area contributed by atoms with Gasteiger partial charge in [0.25, 0.3) is 0 Å².